The molecule has 0 aliphatic rings. The fourth-order valence-corrected chi connectivity index (χ4v) is 1.87. The topological polar surface area (TPSA) is 108 Å². The van der Waals surface area contributed by atoms with Crippen LogP contribution in [-0.4, -0.2) is 43.2 Å². The summed E-state index contributed by atoms with van der Waals surface area (Å²) in [6, 6.07) is -0.381. The zero-order chi connectivity index (χ0) is 15.5. The zero-order valence-electron chi connectivity index (χ0n) is 12.4. The number of carboxylic acids is 1. The normalized spacial score (nSPS) is 11.8. The molecule has 1 atom stereocenters. The van der Waals surface area contributed by atoms with Crippen molar-refractivity contribution in [2.45, 2.75) is 33.1 Å². The minimum absolute atomic E-state index is 0.0384. The summed E-state index contributed by atoms with van der Waals surface area (Å²) in [6.07, 6.45) is 0.996. The molecule has 0 aromatic rings. The number of nitrogens with one attached hydrogen (secondary N) is 3. The summed E-state index contributed by atoms with van der Waals surface area (Å²) in [4.78, 5) is 33.2. The summed E-state index contributed by atoms with van der Waals surface area (Å²) in [7, 11) is 1.53. The van der Waals surface area contributed by atoms with Gasteiger partial charge in [0.25, 0.3) is 0 Å². The summed E-state index contributed by atoms with van der Waals surface area (Å²) in [5.74, 6) is -0.721. The molecule has 0 unspecified atom stereocenters. The average Bonchev–Trinajstić information content (AvgIpc) is 2.34. The van der Waals surface area contributed by atoms with E-state index in [-0.39, 0.29) is 37.2 Å². The molecule has 0 rings (SSSR count). The standard InChI is InChI=1S/C13H25N3O4/c1-9(2)6-10(7-12(18)19)8-16-13(20)15-5-4-11(17)14-3/h9-10H,4-8H2,1-3H3,(H,14,17)(H,18,19)(H2,15,16,20)/t10-/m0/s1. The maximum atomic E-state index is 11.5. The molecule has 0 heterocycles. The van der Waals surface area contributed by atoms with Crippen LogP contribution in [0.25, 0.3) is 0 Å². The lowest BCUT2D eigenvalue weighted by Crippen LogP contribution is -2.40. The van der Waals surface area contributed by atoms with Crippen LogP contribution < -0.4 is 16.0 Å². The Balaban J connectivity index is 3.97. The average molecular weight is 287 g/mol. The van der Waals surface area contributed by atoms with E-state index in [1.807, 2.05) is 13.8 Å². The summed E-state index contributed by atoms with van der Waals surface area (Å²) in [5, 5.41) is 16.5. The fourth-order valence-electron chi connectivity index (χ4n) is 1.87. The Labute approximate surface area is 119 Å². The van der Waals surface area contributed by atoms with E-state index in [0.717, 1.165) is 6.42 Å². The fraction of sp³-hybridized carbons (Fsp3) is 0.769. The first-order valence-corrected chi connectivity index (χ1v) is 6.79. The molecule has 0 aromatic carbocycles. The third-order valence-corrected chi connectivity index (χ3v) is 2.74. The van der Waals surface area contributed by atoms with E-state index in [0.29, 0.717) is 12.5 Å². The van der Waals surface area contributed by atoms with Crippen LogP contribution in [0.3, 0.4) is 0 Å². The van der Waals surface area contributed by atoms with Gasteiger partial charge in [0.1, 0.15) is 0 Å². The van der Waals surface area contributed by atoms with Gasteiger partial charge in [-0.3, -0.25) is 9.59 Å². The zero-order valence-corrected chi connectivity index (χ0v) is 12.4. The van der Waals surface area contributed by atoms with Gasteiger partial charge in [-0.25, -0.2) is 4.79 Å². The summed E-state index contributed by atoms with van der Waals surface area (Å²) >= 11 is 0. The second kappa shape index (κ2) is 10.1. The molecule has 0 radical (unpaired) electrons. The smallest absolute Gasteiger partial charge is 0.314 e. The number of aliphatic carboxylic acids is 1. The van der Waals surface area contributed by atoms with Crippen molar-refractivity contribution in [3.05, 3.63) is 0 Å². The van der Waals surface area contributed by atoms with Gasteiger partial charge in [0, 0.05) is 33.0 Å². The van der Waals surface area contributed by atoms with E-state index in [4.69, 9.17) is 5.11 Å². The van der Waals surface area contributed by atoms with Gasteiger partial charge in [-0.2, -0.15) is 0 Å². The highest BCUT2D eigenvalue weighted by atomic mass is 16.4. The third kappa shape index (κ3) is 10.2. The molecule has 116 valence electrons. The third-order valence-electron chi connectivity index (χ3n) is 2.74. The number of hydrogen-bond donors (Lipinski definition) is 4. The van der Waals surface area contributed by atoms with Gasteiger partial charge in [-0.15, -0.1) is 0 Å². The summed E-state index contributed by atoms with van der Waals surface area (Å²) in [5.41, 5.74) is 0. The number of amides is 3. The Morgan fingerprint density at radius 1 is 1.15 bits per heavy atom. The lowest BCUT2D eigenvalue weighted by molar-refractivity contribution is -0.138. The maximum absolute atomic E-state index is 11.5. The Morgan fingerprint density at radius 2 is 1.80 bits per heavy atom. The Kier molecular flexibility index (Phi) is 9.15. The molecule has 20 heavy (non-hydrogen) atoms. The quantitative estimate of drug-likeness (QED) is 0.497. The van der Waals surface area contributed by atoms with Gasteiger partial charge in [-0.05, 0) is 18.3 Å². The highest BCUT2D eigenvalue weighted by Gasteiger charge is 2.16. The van der Waals surface area contributed by atoms with Crippen LogP contribution in [0, 0.1) is 11.8 Å². The van der Waals surface area contributed by atoms with E-state index >= 15 is 0 Å². The first-order chi connectivity index (χ1) is 9.35. The summed E-state index contributed by atoms with van der Waals surface area (Å²) < 4.78 is 0. The molecule has 0 bridgehead atoms. The molecular weight excluding hydrogens is 262 g/mol. The lowest BCUT2D eigenvalue weighted by atomic mass is 9.94. The monoisotopic (exact) mass is 287 g/mol. The molecule has 0 aliphatic carbocycles. The largest absolute Gasteiger partial charge is 0.481 e. The van der Waals surface area contributed by atoms with E-state index in [1.54, 1.807) is 0 Å². The molecule has 3 amide bonds. The van der Waals surface area contributed by atoms with Crippen molar-refractivity contribution >= 4 is 17.9 Å². The van der Waals surface area contributed by atoms with Crippen molar-refractivity contribution in [3.63, 3.8) is 0 Å². The van der Waals surface area contributed by atoms with Crippen molar-refractivity contribution in [3.8, 4) is 0 Å². The number of hydrogen-bond acceptors (Lipinski definition) is 3. The number of carboxylic acid groups (broad SMARTS) is 1. The summed E-state index contributed by atoms with van der Waals surface area (Å²) in [6.45, 7) is 4.59. The van der Waals surface area contributed by atoms with Crippen molar-refractivity contribution in [2.75, 3.05) is 20.1 Å². The van der Waals surface area contributed by atoms with Crippen molar-refractivity contribution < 1.29 is 19.5 Å². The molecule has 0 aliphatic heterocycles. The Bertz CT molecular complexity index is 332. The van der Waals surface area contributed by atoms with Crippen molar-refractivity contribution in [2.24, 2.45) is 11.8 Å². The van der Waals surface area contributed by atoms with Crippen LogP contribution in [0.15, 0.2) is 0 Å². The second-order valence-corrected chi connectivity index (χ2v) is 5.15. The number of rotatable bonds is 9. The highest BCUT2D eigenvalue weighted by molar-refractivity contribution is 5.77. The van der Waals surface area contributed by atoms with Crippen LogP contribution in [0.2, 0.25) is 0 Å². The maximum Gasteiger partial charge on any atom is 0.314 e. The molecule has 0 fully saturated rings. The predicted octanol–water partition coefficient (Wildman–Crippen LogP) is 0.559. The van der Waals surface area contributed by atoms with Crippen LogP contribution >= 0.6 is 0 Å². The van der Waals surface area contributed by atoms with Crippen LogP contribution in [0.1, 0.15) is 33.1 Å². The molecule has 7 heteroatoms. The highest BCUT2D eigenvalue weighted by Crippen LogP contribution is 2.14. The van der Waals surface area contributed by atoms with Gasteiger partial charge < -0.3 is 21.1 Å². The van der Waals surface area contributed by atoms with E-state index < -0.39 is 5.97 Å². The van der Waals surface area contributed by atoms with Crippen molar-refractivity contribution in [1.82, 2.24) is 16.0 Å². The van der Waals surface area contributed by atoms with Crippen molar-refractivity contribution in [1.29, 1.82) is 0 Å². The molecule has 0 saturated heterocycles. The molecule has 0 spiro atoms. The second-order valence-electron chi connectivity index (χ2n) is 5.15. The molecule has 0 aromatic heterocycles. The predicted molar refractivity (Wildman–Crippen MR) is 75.3 cm³/mol. The van der Waals surface area contributed by atoms with E-state index in [2.05, 4.69) is 16.0 Å². The molecule has 0 saturated carbocycles. The van der Waals surface area contributed by atoms with Crippen LogP contribution in [-0.2, 0) is 9.59 Å². The molecule has 4 N–H and O–H groups in total. The first kappa shape index (κ1) is 18.2. The van der Waals surface area contributed by atoms with Crippen LogP contribution in [0.5, 0.6) is 0 Å². The van der Waals surface area contributed by atoms with Crippen LogP contribution in [0.4, 0.5) is 4.79 Å². The van der Waals surface area contributed by atoms with Gasteiger partial charge in [0.05, 0.1) is 0 Å². The van der Waals surface area contributed by atoms with Gasteiger partial charge in [0.2, 0.25) is 5.91 Å². The molecular formula is C13H25N3O4. The van der Waals surface area contributed by atoms with E-state index in [1.165, 1.54) is 7.05 Å². The van der Waals surface area contributed by atoms with Gasteiger partial charge in [-0.1, -0.05) is 13.8 Å². The Hall–Kier alpha value is -1.79. The lowest BCUT2D eigenvalue weighted by Gasteiger charge is -2.18. The SMILES string of the molecule is CNC(=O)CCNC(=O)NC[C@H](CC(=O)O)CC(C)C. The number of carbonyl (C=O) groups is 3. The minimum atomic E-state index is -0.863. The number of carbonyl (C=O) groups excluding carboxylic acids is 2. The Morgan fingerprint density at radius 3 is 2.30 bits per heavy atom. The van der Waals surface area contributed by atoms with Gasteiger partial charge in [0.15, 0.2) is 0 Å². The molecule has 7 nitrogen and oxygen atoms in total. The van der Waals surface area contributed by atoms with Gasteiger partial charge >= 0.3 is 12.0 Å². The number of urea groups is 1. The minimum Gasteiger partial charge on any atom is -0.481 e. The van der Waals surface area contributed by atoms with E-state index in [9.17, 15) is 14.4 Å². The first-order valence-electron chi connectivity index (χ1n) is 6.79.